The number of ether oxygens (including phenoxy) is 1. The molecule has 0 spiro atoms. The Balaban J connectivity index is 3.10. The van der Waals surface area contributed by atoms with Crippen LogP contribution in [0, 0.1) is 11.3 Å². The quantitative estimate of drug-likeness (QED) is 0.684. The molecule has 90 valence electrons. The highest BCUT2D eigenvalue weighted by Gasteiger charge is 2.13. The standard InChI is InChI=1S/C12H12BrNO3/c1-2-17-12(16)5-8-3-10(15)4-9(6-13)11(8)7-14/h3-4,15H,2,5-6H2,1H3. The molecule has 0 aromatic heterocycles. The van der Waals surface area contributed by atoms with Crippen LogP contribution in [0.25, 0.3) is 0 Å². The molecule has 0 heterocycles. The van der Waals surface area contributed by atoms with Gasteiger partial charge in [-0.05, 0) is 30.2 Å². The van der Waals surface area contributed by atoms with Crippen molar-refractivity contribution in [2.24, 2.45) is 0 Å². The lowest BCUT2D eigenvalue weighted by Gasteiger charge is -2.08. The SMILES string of the molecule is CCOC(=O)Cc1cc(O)cc(CBr)c1C#N. The van der Waals surface area contributed by atoms with Gasteiger partial charge >= 0.3 is 5.97 Å². The number of phenolic OH excluding ortho intramolecular Hbond substituents is 1. The fourth-order valence-electron chi connectivity index (χ4n) is 1.51. The minimum Gasteiger partial charge on any atom is -0.508 e. The molecule has 0 bridgehead atoms. The minimum atomic E-state index is -0.407. The smallest absolute Gasteiger partial charge is 0.310 e. The molecule has 1 aromatic rings. The number of alkyl halides is 1. The first-order valence-electron chi connectivity index (χ1n) is 5.08. The van der Waals surface area contributed by atoms with Gasteiger partial charge in [0.25, 0.3) is 0 Å². The fraction of sp³-hybridized carbons (Fsp3) is 0.333. The number of nitrogens with zero attached hydrogens (tertiary/aromatic N) is 1. The van der Waals surface area contributed by atoms with Crippen molar-refractivity contribution < 1.29 is 14.6 Å². The molecule has 0 aliphatic rings. The summed E-state index contributed by atoms with van der Waals surface area (Å²) in [5.41, 5.74) is 1.56. The number of halogens is 1. The number of rotatable bonds is 4. The molecule has 0 radical (unpaired) electrons. The second kappa shape index (κ2) is 6.26. The maximum absolute atomic E-state index is 11.4. The number of hydrogen-bond donors (Lipinski definition) is 1. The van der Waals surface area contributed by atoms with Crippen LogP contribution >= 0.6 is 15.9 Å². The number of carbonyl (C=O) groups excluding carboxylic acids is 1. The predicted octanol–water partition coefficient (Wildman–Crippen LogP) is 2.26. The summed E-state index contributed by atoms with van der Waals surface area (Å²) in [6.45, 7) is 2.01. The molecule has 1 N–H and O–H groups in total. The van der Waals surface area contributed by atoms with Crippen LogP contribution in [-0.4, -0.2) is 17.7 Å². The van der Waals surface area contributed by atoms with Gasteiger partial charge < -0.3 is 9.84 Å². The van der Waals surface area contributed by atoms with E-state index in [1.54, 1.807) is 6.92 Å². The second-order valence-corrected chi connectivity index (χ2v) is 3.93. The molecule has 0 aliphatic heterocycles. The average Bonchev–Trinajstić information content (AvgIpc) is 2.28. The molecule has 1 aromatic carbocycles. The van der Waals surface area contributed by atoms with Crippen LogP contribution < -0.4 is 0 Å². The Labute approximate surface area is 108 Å². The van der Waals surface area contributed by atoms with Gasteiger partial charge in [-0.25, -0.2) is 0 Å². The third-order valence-electron chi connectivity index (χ3n) is 2.18. The van der Waals surface area contributed by atoms with E-state index in [1.165, 1.54) is 12.1 Å². The van der Waals surface area contributed by atoms with E-state index in [9.17, 15) is 9.90 Å². The van der Waals surface area contributed by atoms with Crippen molar-refractivity contribution in [2.75, 3.05) is 6.61 Å². The van der Waals surface area contributed by atoms with Crippen molar-refractivity contribution in [1.82, 2.24) is 0 Å². The van der Waals surface area contributed by atoms with E-state index in [-0.39, 0.29) is 12.2 Å². The zero-order valence-electron chi connectivity index (χ0n) is 9.36. The van der Waals surface area contributed by atoms with Crippen LogP contribution in [0.4, 0.5) is 0 Å². The topological polar surface area (TPSA) is 70.3 Å². The normalized spacial score (nSPS) is 9.71. The second-order valence-electron chi connectivity index (χ2n) is 3.37. The highest BCUT2D eigenvalue weighted by atomic mass is 79.9. The summed E-state index contributed by atoms with van der Waals surface area (Å²) in [6, 6.07) is 4.96. The summed E-state index contributed by atoms with van der Waals surface area (Å²) in [5.74, 6) is -0.368. The van der Waals surface area contributed by atoms with Gasteiger partial charge in [0.1, 0.15) is 5.75 Å². The summed E-state index contributed by atoms with van der Waals surface area (Å²) < 4.78 is 4.82. The van der Waals surface area contributed by atoms with Crippen LogP contribution in [0.2, 0.25) is 0 Å². The maximum Gasteiger partial charge on any atom is 0.310 e. The Hall–Kier alpha value is -1.54. The molecular weight excluding hydrogens is 286 g/mol. The summed E-state index contributed by atoms with van der Waals surface area (Å²) in [4.78, 5) is 11.4. The molecule has 5 heteroatoms. The first-order valence-corrected chi connectivity index (χ1v) is 6.21. The van der Waals surface area contributed by atoms with Crippen LogP contribution in [0.5, 0.6) is 5.75 Å². The minimum absolute atomic E-state index is 0.00880. The van der Waals surface area contributed by atoms with E-state index >= 15 is 0 Å². The van der Waals surface area contributed by atoms with Crippen LogP contribution in [0.15, 0.2) is 12.1 Å². The predicted molar refractivity (Wildman–Crippen MR) is 65.8 cm³/mol. The highest BCUT2D eigenvalue weighted by Crippen LogP contribution is 2.24. The monoisotopic (exact) mass is 297 g/mol. The number of carbonyl (C=O) groups is 1. The fourth-order valence-corrected chi connectivity index (χ4v) is 1.95. The van der Waals surface area contributed by atoms with E-state index in [0.29, 0.717) is 28.6 Å². The van der Waals surface area contributed by atoms with Crippen molar-refractivity contribution >= 4 is 21.9 Å². The molecule has 0 unspecified atom stereocenters. The lowest BCUT2D eigenvalue weighted by Crippen LogP contribution is -2.09. The number of nitriles is 1. The molecule has 4 nitrogen and oxygen atoms in total. The summed E-state index contributed by atoms with van der Waals surface area (Å²) in [7, 11) is 0. The van der Waals surface area contributed by atoms with Gasteiger partial charge in [0.05, 0.1) is 24.7 Å². The first-order chi connectivity index (χ1) is 8.12. The third-order valence-corrected chi connectivity index (χ3v) is 2.79. The zero-order valence-corrected chi connectivity index (χ0v) is 11.0. The Kier molecular flexibility index (Phi) is 4.98. The third kappa shape index (κ3) is 3.46. The van der Waals surface area contributed by atoms with E-state index in [1.807, 2.05) is 6.07 Å². The van der Waals surface area contributed by atoms with Crippen LogP contribution in [0.3, 0.4) is 0 Å². The van der Waals surface area contributed by atoms with Crippen LogP contribution in [-0.2, 0) is 21.3 Å². The molecule has 0 saturated heterocycles. The molecule has 0 aliphatic carbocycles. The summed E-state index contributed by atoms with van der Waals surface area (Å²) in [5, 5.41) is 19.0. The van der Waals surface area contributed by atoms with Crippen molar-refractivity contribution in [2.45, 2.75) is 18.7 Å². The van der Waals surface area contributed by atoms with Gasteiger partial charge in [0.15, 0.2) is 0 Å². The summed E-state index contributed by atoms with van der Waals surface area (Å²) in [6.07, 6.45) is -0.00880. The van der Waals surface area contributed by atoms with Crippen molar-refractivity contribution in [3.8, 4) is 11.8 Å². The van der Waals surface area contributed by atoms with Gasteiger partial charge in [-0.2, -0.15) is 5.26 Å². The molecule has 0 fully saturated rings. The van der Waals surface area contributed by atoms with Crippen molar-refractivity contribution in [3.05, 3.63) is 28.8 Å². The molecule has 0 saturated carbocycles. The Morgan fingerprint density at radius 2 is 2.18 bits per heavy atom. The molecule has 17 heavy (non-hydrogen) atoms. The largest absolute Gasteiger partial charge is 0.508 e. The number of hydrogen-bond acceptors (Lipinski definition) is 4. The van der Waals surface area contributed by atoms with Gasteiger partial charge in [-0.15, -0.1) is 0 Å². The van der Waals surface area contributed by atoms with Crippen molar-refractivity contribution in [1.29, 1.82) is 5.26 Å². The molecule has 0 atom stereocenters. The molecule has 1 rings (SSSR count). The first kappa shape index (κ1) is 13.5. The van der Waals surface area contributed by atoms with E-state index < -0.39 is 5.97 Å². The van der Waals surface area contributed by atoms with E-state index in [2.05, 4.69) is 15.9 Å². The lowest BCUT2D eigenvalue weighted by atomic mass is 10.00. The number of aromatic hydroxyl groups is 1. The van der Waals surface area contributed by atoms with Gasteiger partial charge in [0, 0.05) is 5.33 Å². The lowest BCUT2D eigenvalue weighted by molar-refractivity contribution is -0.142. The Bertz CT molecular complexity index is 466. The van der Waals surface area contributed by atoms with Gasteiger partial charge in [0.2, 0.25) is 0 Å². The van der Waals surface area contributed by atoms with Gasteiger partial charge in [-0.3, -0.25) is 4.79 Å². The number of esters is 1. The van der Waals surface area contributed by atoms with Crippen LogP contribution in [0.1, 0.15) is 23.6 Å². The molecule has 0 amide bonds. The Morgan fingerprint density at radius 1 is 1.53 bits per heavy atom. The Morgan fingerprint density at radius 3 is 2.71 bits per heavy atom. The number of phenols is 1. The summed E-state index contributed by atoms with van der Waals surface area (Å²) >= 11 is 3.24. The maximum atomic E-state index is 11.4. The van der Waals surface area contributed by atoms with E-state index in [0.717, 1.165) is 0 Å². The number of benzene rings is 1. The molecular formula is C12H12BrNO3. The van der Waals surface area contributed by atoms with Crippen molar-refractivity contribution in [3.63, 3.8) is 0 Å². The van der Waals surface area contributed by atoms with Gasteiger partial charge in [-0.1, -0.05) is 15.9 Å². The van der Waals surface area contributed by atoms with E-state index in [4.69, 9.17) is 10.00 Å². The average molecular weight is 298 g/mol. The highest BCUT2D eigenvalue weighted by molar-refractivity contribution is 9.08. The zero-order chi connectivity index (χ0) is 12.8.